The Kier molecular flexibility index (Phi) is 4.42. The maximum atomic E-state index is 4.97. The molecule has 0 heterocycles. The minimum atomic E-state index is 0.569. The van der Waals surface area contributed by atoms with Gasteiger partial charge in [-0.05, 0) is 36.1 Å². The zero-order chi connectivity index (χ0) is 9.68. The van der Waals surface area contributed by atoms with Crippen LogP contribution in [0, 0.1) is 0 Å². The van der Waals surface area contributed by atoms with Crippen LogP contribution < -0.4 is 5.90 Å². The predicted octanol–water partition coefficient (Wildman–Crippen LogP) is 2.44. The van der Waals surface area contributed by atoms with Gasteiger partial charge in [0.05, 0.1) is 6.61 Å². The van der Waals surface area contributed by atoms with Gasteiger partial charge in [0.25, 0.3) is 0 Å². The van der Waals surface area contributed by atoms with E-state index in [1.807, 2.05) is 0 Å². The van der Waals surface area contributed by atoms with Crippen molar-refractivity contribution in [3.8, 4) is 0 Å². The summed E-state index contributed by atoms with van der Waals surface area (Å²) in [6.07, 6.45) is 1.92. The van der Waals surface area contributed by atoms with Gasteiger partial charge in [-0.15, -0.1) is 0 Å². The predicted molar refractivity (Wildman–Crippen MR) is 57.4 cm³/mol. The molecule has 0 saturated carbocycles. The lowest BCUT2D eigenvalue weighted by atomic mass is 10.1. The van der Waals surface area contributed by atoms with E-state index in [9.17, 15) is 0 Å². The van der Waals surface area contributed by atoms with E-state index >= 15 is 0 Å². The molecule has 0 radical (unpaired) electrons. The summed E-state index contributed by atoms with van der Waals surface area (Å²) >= 11 is 3.47. The van der Waals surface area contributed by atoms with Crippen LogP contribution in [-0.4, -0.2) is 6.61 Å². The van der Waals surface area contributed by atoms with E-state index in [2.05, 4.69) is 45.9 Å². The summed E-state index contributed by atoms with van der Waals surface area (Å²) in [5, 5.41) is 0. The molecule has 0 aliphatic rings. The Bertz CT molecular complexity index is 276. The average Bonchev–Trinajstić information content (AvgIpc) is 2.14. The van der Waals surface area contributed by atoms with E-state index in [1.54, 1.807) is 0 Å². The summed E-state index contributed by atoms with van der Waals surface area (Å²) in [6, 6.07) is 6.41. The quantitative estimate of drug-likeness (QED) is 0.825. The Labute approximate surface area is 87.2 Å². The number of hydrogen-bond acceptors (Lipinski definition) is 2. The minimum absolute atomic E-state index is 0.569. The highest BCUT2D eigenvalue weighted by molar-refractivity contribution is 9.10. The van der Waals surface area contributed by atoms with Gasteiger partial charge in [-0.25, -0.2) is 5.90 Å². The second kappa shape index (κ2) is 5.37. The van der Waals surface area contributed by atoms with E-state index in [1.165, 1.54) is 11.1 Å². The van der Waals surface area contributed by atoms with Crippen molar-refractivity contribution in [1.29, 1.82) is 0 Å². The smallest absolute Gasteiger partial charge is 0.0719 e. The number of nitrogens with two attached hydrogens (primary N) is 1. The van der Waals surface area contributed by atoms with Crippen molar-refractivity contribution < 1.29 is 4.84 Å². The Balaban J connectivity index is 2.76. The van der Waals surface area contributed by atoms with Crippen molar-refractivity contribution in [2.75, 3.05) is 6.61 Å². The maximum Gasteiger partial charge on any atom is 0.0719 e. The van der Waals surface area contributed by atoms with Gasteiger partial charge in [-0.1, -0.05) is 28.9 Å². The molecule has 0 saturated heterocycles. The zero-order valence-corrected chi connectivity index (χ0v) is 9.30. The van der Waals surface area contributed by atoms with Crippen molar-refractivity contribution >= 4 is 15.9 Å². The summed E-state index contributed by atoms with van der Waals surface area (Å²) in [5.41, 5.74) is 2.60. The Hall–Kier alpha value is -0.380. The van der Waals surface area contributed by atoms with Crippen LogP contribution in [0.25, 0.3) is 0 Å². The molecule has 1 rings (SSSR count). The zero-order valence-electron chi connectivity index (χ0n) is 7.72. The summed E-state index contributed by atoms with van der Waals surface area (Å²) in [5.74, 6) is 4.97. The minimum Gasteiger partial charge on any atom is -0.304 e. The van der Waals surface area contributed by atoms with Crippen LogP contribution in [0.3, 0.4) is 0 Å². The van der Waals surface area contributed by atoms with Crippen LogP contribution >= 0.6 is 15.9 Å². The Morgan fingerprint density at radius 3 is 2.62 bits per heavy atom. The van der Waals surface area contributed by atoms with E-state index in [4.69, 9.17) is 5.90 Å². The third kappa shape index (κ3) is 3.46. The number of rotatable bonds is 4. The third-order valence-corrected chi connectivity index (χ3v) is 2.39. The van der Waals surface area contributed by atoms with Crippen LogP contribution in [0.1, 0.15) is 18.1 Å². The van der Waals surface area contributed by atoms with E-state index in [0.29, 0.717) is 6.61 Å². The normalized spacial score (nSPS) is 10.4. The SMILES string of the molecule is CCc1cc(Br)cc(CCON)c1. The van der Waals surface area contributed by atoms with Crippen molar-refractivity contribution in [1.82, 2.24) is 0 Å². The molecule has 13 heavy (non-hydrogen) atoms. The van der Waals surface area contributed by atoms with Crippen LogP contribution in [0.15, 0.2) is 22.7 Å². The molecule has 0 aliphatic heterocycles. The van der Waals surface area contributed by atoms with Gasteiger partial charge in [-0.3, -0.25) is 0 Å². The molecule has 3 heteroatoms. The number of benzene rings is 1. The van der Waals surface area contributed by atoms with Crippen LogP contribution in [0.5, 0.6) is 0 Å². The van der Waals surface area contributed by atoms with Gasteiger partial charge in [0.15, 0.2) is 0 Å². The number of hydrogen-bond donors (Lipinski definition) is 1. The van der Waals surface area contributed by atoms with Crippen molar-refractivity contribution in [2.45, 2.75) is 19.8 Å². The van der Waals surface area contributed by atoms with E-state index < -0.39 is 0 Å². The van der Waals surface area contributed by atoms with Crippen LogP contribution in [0.4, 0.5) is 0 Å². The molecule has 0 fully saturated rings. The van der Waals surface area contributed by atoms with Crippen molar-refractivity contribution in [3.05, 3.63) is 33.8 Å². The fourth-order valence-electron chi connectivity index (χ4n) is 1.24. The summed E-state index contributed by atoms with van der Waals surface area (Å²) in [7, 11) is 0. The Morgan fingerprint density at radius 1 is 1.31 bits per heavy atom. The van der Waals surface area contributed by atoms with Gasteiger partial charge < -0.3 is 4.84 Å². The average molecular weight is 244 g/mol. The summed E-state index contributed by atoms with van der Waals surface area (Å²) in [4.78, 5) is 4.54. The monoisotopic (exact) mass is 243 g/mol. The second-order valence-corrected chi connectivity index (χ2v) is 3.86. The molecule has 1 aromatic carbocycles. The first-order valence-electron chi connectivity index (χ1n) is 4.36. The standard InChI is InChI=1S/C10H14BrNO/c1-2-8-5-9(3-4-13-12)7-10(11)6-8/h5-7H,2-4,12H2,1H3. The first-order chi connectivity index (χ1) is 6.26. The van der Waals surface area contributed by atoms with Crippen molar-refractivity contribution in [2.24, 2.45) is 5.90 Å². The molecule has 2 nitrogen and oxygen atoms in total. The molecule has 0 bridgehead atoms. The fourth-order valence-corrected chi connectivity index (χ4v) is 1.83. The second-order valence-electron chi connectivity index (χ2n) is 2.94. The lowest BCUT2D eigenvalue weighted by molar-refractivity contribution is 0.141. The van der Waals surface area contributed by atoms with Crippen LogP contribution in [-0.2, 0) is 17.7 Å². The highest BCUT2D eigenvalue weighted by Crippen LogP contribution is 2.16. The third-order valence-electron chi connectivity index (χ3n) is 1.93. The van der Waals surface area contributed by atoms with Crippen LogP contribution in [0.2, 0.25) is 0 Å². The molecular weight excluding hydrogens is 230 g/mol. The first-order valence-corrected chi connectivity index (χ1v) is 5.15. The molecular formula is C10H14BrNO. The molecule has 0 atom stereocenters. The largest absolute Gasteiger partial charge is 0.304 e. The van der Waals surface area contributed by atoms with E-state index in [-0.39, 0.29) is 0 Å². The highest BCUT2D eigenvalue weighted by Gasteiger charge is 1.98. The molecule has 0 aliphatic carbocycles. The number of aryl methyl sites for hydroxylation is 1. The van der Waals surface area contributed by atoms with Gasteiger partial charge in [0.2, 0.25) is 0 Å². The topological polar surface area (TPSA) is 35.2 Å². The summed E-state index contributed by atoms with van der Waals surface area (Å²) < 4.78 is 1.12. The molecule has 0 amide bonds. The Morgan fingerprint density at radius 2 is 2.00 bits per heavy atom. The lowest BCUT2D eigenvalue weighted by Crippen LogP contribution is -2.03. The lowest BCUT2D eigenvalue weighted by Gasteiger charge is -2.04. The molecule has 2 N–H and O–H groups in total. The van der Waals surface area contributed by atoms with Gasteiger partial charge in [0.1, 0.15) is 0 Å². The molecule has 1 aromatic rings. The van der Waals surface area contributed by atoms with Gasteiger partial charge in [-0.2, -0.15) is 0 Å². The molecule has 72 valence electrons. The van der Waals surface area contributed by atoms with Gasteiger partial charge in [0, 0.05) is 4.47 Å². The van der Waals surface area contributed by atoms with Gasteiger partial charge >= 0.3 is 0 Å². The first kappa shape index (κ1) is 10.7. The summed E-state index contributed by atoms with van der Waals surface area (Å²) in [6.45, 7) is 2.71. The molecule has 0 spiro atoms. The van der Waals surface area contributed by atoms with E-state index in [0.717, 1.165) is 17.3 Å². The number of halogens is 1. The maximum absolute atomic E-state index is 4.97. The fraction of sp³-hybridized carbons (Fsp3) is 0.400. The highest BCUT2D eigenvalue weighted by atomic mass is 79.9. The molecule has 0 aromatic heterocycles. The molecule has 0 unspecified atom stereocenters. The van der Waals surface area contributed by atoms with Crippen molar-refractivity contribution in [3.63, 3.8) is 0 Å².